The van der Waals surface area contributed by atoms with Gasteiger partial charge in [0.15, 0.2) is 0 Å². The van der Waals surface area contributed by atoms with Crippen LogP contribution in [0.5, 0.6) is 0 Å². The third-order valence-electron chi connectivity index (χ3n) is 0.104. The lowest BCUT2D eigenvalue weighted by molar-refractivity contribution is -0.322. The summed E-state index contributed by atoms with van der Waals surface area (Å²) in [4.78, 5) is 18.0. The van der Waals surface area contributed by atoms with E-state index < -0.39 is 7.75 Å². The van der Waals surface area contributed by atoms with E-state index in [1.54, 1.807) is 0 Å². The lowest BCUT2D eigenvalue weighted by atomic mass is 13.8. The Morgan fingerprint density at radius 2 is 1.83 bits per heavy atom. The first-order valence-corrected chi connectivity index (χ1v) is 2.50. The van der Waals surface area contributed by atoms with Crippen molar-refractivity contribution in [2.75, 3.05) is 0 Å². The van der Waals surface area contributed by atoms with Crippen LogP contribution in [0.1, 0.15) is 0 Å². The molecule has 0 aromatic carbocycles. The molecule has 0 atom stereocenters. The van der Waals surface area contributed by atoms with E-state index in [0.29, 0.717) is 0 Å². The smallest absolute Gasteiger partial charge is 0.0293 e. The van der Waals surface area contributed by atoms with Crippen molar-refractivity contribution in [3.05, 3.63) is 0 Å². The largest absolute Gasteiger partial charge is 0.798 e. The molecule has 6 heavy (non-hydrogen) atoms. The molecule has 6 heteroatoms. The van der Waals surface area contributed by atoms with Gasteiger partial charge in [-0.05, 0) is 0 Å². The van der Waals surface area contributed by atoms with E-state index >= 15 is 0 Å². The lowest BCUT2D eigenvalue weighted by Gasteiger charge is -2.24. The highest BCUT2D eigenvalue weighted by molar-refractivity contribution is 7.46. The predicted octanol–water partition coefficient (Wildman–Crippen LogP) is -1.71. The second-order valence-electron chi connectivity index (χ2n) is 0.582. The maximum Gasteiger partial charge on any atom is 0.0293 e. The second kappa shape index (κ2) is 1.66. The molecule has 1 N–H and O–H groups in total. The SMILES string of the molecule is O=P([O-])([O-])NF. The van der Waals surface area contributed by atoms with Gasteiger partial charge >= 0.3 is 0 Å². The van der Waals surface area contributed by atoms with E-state index in [1.807, 2.05) is 0 Å². The highest BCUT2D eigenvalue weighted by atomic mass is 31.2. The first-order valence-electron chi connectivity index (χ1n) is 0.960. The molecule has 0 heterocycles. The Balaban J connectivity index is 3.48. The number of hydrogen-bond donors (Lipinski definition) is 1. The highest BCUT2D eigenvalue weighted by Crippen LogP contribution is 2.13. The molecule has 38 valence electrons. The Kier molecular flexibility index (Phi) is 1.67. The van der Waals surface area contributed by atoms with Gasteiger partial charge in [0.1, 0.15) is 0 Å². The molecular weight excluding hydrogens is 112 g/mol. The maximum absolute atomic E-state index is 10.4. The minimum absolute atomic E-state index is 0.0486. The van der Waals surface area contributed by atoms with Crippen LogP contribution in [0.4, 0.5) is 4.48 Å². The van der Waals surface area contributed by atoms with Crippen LogP contribution in [-0.2, 0) is 4.57 Å². The zero-order valence-corrected chi connectivity index (χ0v) is 3.44. The normalized spacial score (nSPS) is 11.8. The van der Waals surface area contributed by atoms with Crippen LogP contribution in [0.15, 0.2) is 0 Å². The summed E-state index contributed by atoms with van der Waals surface area (Å²) in [5, 5.41) is 0.0486. The number of rotatable bonds is 1. The Morgan fingerprint density at radius 1 is 1.67 bits per heavy atom. The van der Waals surface area contributed by atoms with Gasteiger partial charge in [-0.1, -0.05) is 0 Å². The lowest BCUT2D eigenvalue weighted by Crippen LogP contribution is -2.21. The molecule has 0 unspecified atom stereocenters. The van der Waals surface area contributed by atoms with Crippen molar-refractivity contribution >= 4 is 7.75 Å². The summed E-state index contributed by atoms with van der Waals surface area (Å²) < 4.78 is 19.3. The van der Waals surface area contributed by atoms with Crippen LogP contribution in [-0.4, -0.2) is 0 Å². The zero-order chi connectivity index (χ0) is 5.21. The van der Waals surface area contributed by atoms with Crippen molar-refractivity contribution in [2.24, 2.45) is 0 Å². The summed E-state index contributed by atoms with van der Waals surface area (Å²) >= 11 is 0. The van der Waals surface area contributed by atoms with Gasteiger partial charge in [0, 0.05) is 7.75 Å². The molecule has 0 fully saturated rings. The van der Waals surface area contributed by atoms with E-state index in [0.717, 1.165) is 0 Å². The Morgan fingerprint density at radius 3 is 1.83 bits per heavy atom. The average molecular weight is 113 g/mol. The van der Waals surface area contributed by atoms with Crippen LogP contribution >= 0.6 is 7.75 Å². The van der Waals surface area contributed by atoms with Crippen molar-refractivity contribution in [1.82, 2.24) is 5.31 Å². The van der Waals surface area contributed by atoms with E-state index in [1.165, 1.54) is 0 Å². The van der Waals surface area contributed by atoms with Gasteiger partial charge in [-0.3, -0.25) is 0 Å². The van der Waals surface area contributed by atoms with Crippen molar-refractivity contribution in [1.29, 1.82) is 0 Å². The van der Waals surface area contributed by atoms with Gasteiger partial charge < -0.3 is 14.4 Å². The van der Waals surface area contributed by atoms with E-state index in [4.69, 9.17) is 14.4 Å². The van der Waals surface area contributed by atoms with Gasteiger partial charge in [-0.25, -0.2) is 0 Å². The molecular formula is HFNO3P-2. The Bertz CT molecular complexity index is 74.9. The molecule has 0 aliphatic heterocycles. The number of halogens is 1. The summed E-state index contributed by atoms with van der Waals surface area (Å²) in [5.74, 6) is 0. The molecule has 0 saturated carbocycles. The molecule has 0 aromatic heterocycles. The molecule has 0 aliphatic rings. The maximum atomic E-state index is 10.4. The zero-order valence-electron chi connectivity index (χ0n) is 2.55. The average Bonchev–Trinajstić information content (AvgIpc) is 1.35. The van der Waals surface area contributed by atoms with Crippen molar-refractivity contribution in [3.8, 4) is 0 Å². The quantitative estimate of drug-likeness (QED) is 0.324. The van der Waals surface area contributed by atoms with Crippen molar-refractivity contribution < 1.29 is 18.8 Å². The molecule has 0 radical (unpaired) electrons. The van der Waals surface area contributed by atoms with E-state index in [9.17, 15) is 4.48 Å². The molecule has 0 amide bonds. The molecule has 0 aliphatic carbocycles. The van der Waals surface area contributed by atoms with E-state index in [2.05, 4.69) is 0 Å². The summed E-state index contributed by atoms with van der Waals surface area (Å²) in [5.41, 5.74) is 0. The first kappa shape index (κ1) is 6.04. The molecule has 4 nitrogen and oxygen atoms in total. The third-order valence-corrected chi connectivity index (χ3v) is 0.311. The first-order chi connectivity index (χ1) is 2.56. The summed E-state index contributed by atoms with van der Waals surface area (Å²) in [6, 6.07) is 0. The molecule has 0 bridgehead atoms. The highest BCUT2D eigenvalue weighted by Gasteiger charge is 1.77. The van der Waals surface area contributed by atoms with Gasteiger partial charge in [-0.15, -0.1) is 9.79 Å². The van der Waals surface area contributed by atoms with Crippen LogP contribution < -0.4 is 15.1 Å². The standard InChI is InChI=1S/FH3NO3P/c1-2-6(3,4)5/h(H3,2,3,4,5)/p-2. The number of hydrogen-bond acceptors (Lipinski definition) is 3. The van der Waals surface area contributed by atoms with Crippen molar-refractivity contribution in [2.45, 2.75) is 0 Å². The molecule has 0 aromatic rings. The Labute approximate surface area is 33.1 Å². The van der Waals surface area contributed by atoms with Crippen LogP contribution in [0.2, 0.25) is 0 Å². The van der Waals surface area contributed by atoms with E-state index in [-0.39, 0.29) is 5.31 Å². The number of nitrogens with one attached hydrogen (secondary N) is 1. The minimum Gasteiger partial charge on any atom is -0.798 e. The van der Waals surface area contributed by atoms with Crippen LogP contribution in [0.3, 0.4) is 0 Å². The topological polar surface area (TPSA) is 75.2 Å². The van der Waals surface area contributed by atoms with Gasteiger partial charge in [0.2, 0.25) is 0 Å². The summed E-state index contributed by atoms with van der Waals surface area (Å²) in [6.45, 7) is 0. The molecule has 0 rings (SSSR count). The van der Waals surface area contributed by atoms with Gasteiger partial charge in [0.25, 0.3) is 0 Å². The fraction of sp³-hybridized carbons (Fsp3) is 0. The van der Waals surface area contributed by atoms with Crippen LogP contribution in [0, 0.1) is 0 Å². The minimum atomic E-state index is -5.06. The fourth-order valence-corrected chi connectivity index (χ4v) is 0. The second-order valence-corrected chi connectivity index (χ2v) is 1.75. The monoisotopic (exact) mass is 113 g/mol. The predicted molar refractivity (Wildman–Crippen MR) is 11.9 cm³/mol. The molecule has 0 saturated heterocycles. The Hall–Kier alpha value is 0.0400. The summed E-state index contributed by atoms with van der Waals surface area (Å²) in [6.07, 6.45) is 0. The van der Waals surface area contributed by atoms with Gasteiger partial charge in [-0.2, -0.15) is 0 Å². The van der Waals surface area contributed by atoms with Crippen molar-refractivity contribution in [3.63, 3.8) is 0 Å². The fourth-order valence-electron chi connectivity index (χ4n) is 0. The third kappa shape index (κ3) is 4.04. The summed E-state index contributed by atoms with van der Waals surface area (Å²) in [7, 11) is -5.06. The van der Waals surface area contributed by atoms with Crippen LogP contribution in [0.25, 0.3) is 0 Å². The molecule has 0 spiro atoms. The van der Waals surface area contributed by atoms with Gasteiger partial charge in [0.05, 0.1) is 0 Å².